The van der Waals surface area contributed by atoms with Gasteiger partial charge in [-0.1, -0.05) is 18.2 Å². The summed E-state index contributed by atoms with van der Waals surface area (Å²) in [4.78, 5) is 12.5. The molecule has 104 valence electrons. The second-order valence-electron chi connectivity index (χ2n) is 4.18. The van der Waals surface area contributed by atoms with Crippen molar-refractivity contribution in [2.75, 3.05) is 12.9 Å². The number of benzene rings is 2. The fourth-order valence-corrected chi connectivity index (χ4v) is 2.35. The third-order valence-corrected chi connectivity index (χ3v) is 3.68. The summed E-state index contributed by atoms with van der Waals surface area (Å²) in [5, 5.41) is 9.26. The molecule has 0 amide bonds. The molecule has 1 N–H and O–H groups in total. The van der Waals surface area contributed by atoms with Crippen LogP contribution in [0.3, 0.4) is 0 Å². The van der Waals surface area contributed by atoms with Gasteiger partial charge in [0.15, 0.2) is 0 Å². The minimum absolute atomic E-state index is 0.193. The Kier molecular flexibility index (Phi) is 4.69. The summed E-state index contributed by atoms with van der Waals surface area (Å²) in [6.45, 7) is 2.28. The molecule has 2 aromatic carbocycles. The molecule has 2 rings (SSSR count). The molecule has 3 nitrogen and oxygen atoms in total. The quantitative estimate of drug-likeness (QED) is 0.839. The number of aromatic carboxylic acids is 1. The summed E-state index contributed by atoms with van der Waals surface area (Å²) in [7, 11) is 0. The second kappa shape index (κ2) is 6.48. The van der Waals surface area contributed by atoms with Crippen LogP contribution in [0.25, 0.3) is 11.1 Å². The molecule has 0 heterocycles. The van der Waals surface area contributed by atoms with Gasteiger partial charge in [-0.05, 0) is 48.6 Å². The first-order valence-corrected chi connectivity index (χ1v) is 7.52. The number of hydrogen-bond donors (Lipinski definition) is 1. The largest absolute Gasteiger partial charge is 0.493 e. The van der Waals surface area contributed by atoms with Gasteiger partial charge in [-0.3, -0.25) is 0 Å². The monoisotopic (exact) mass is 288 g/mol. The van der Waals surface area contributed by atoms with Crippen LogP contribution in [0.4, 0.5) is 0 Å². The van der Waals surface area contributed by atoms with Crippen molar-refractivity contribution in [1.29, 1.82) is 0 Å². The summed E-state index contributed by atoms with van der Waals surface area (Å²) in [6, 6.07) is 13.3. The molecule has 0 aliphatic carbocycles. The summed E-state index contributed by atoms with van der Waals surface area (Å²) in [5.74, 6) is -0.569. The predicted octanol–water partition coefficient (Wildman–Crippen LogP) is 4.17. The average molecular weight is 288 g/mol. The van der Waals surface area contributed by atoms with E-state index in [-0.39, 0.29) is 5.56 Å². The Morgan fingerprint density at radius 1 is 1.15 bits per heavy atom. The molecular weight excluding hydrogens is 272 g/mol. The molecule has 0 atom stereocenters. The van der Waals surface area contributed by atoms with E-state index in [0.717, 1.165) is 11.1 Å². The van der Waals surface area contributed by atoms with Gasteiger partial charge < -0.3 is 9.84 Å². The minimum atomic E-state index is -0.976. The van der Waals surface area contributed by atoms with E-state index in [1.807, 2.05) is 43.5 Å². The van der Waals surface area contributed by atoms with Crippen molar-refractivity contribution in [3.8, 4) is 16.9 Å². The number of rotatable bonds is 5. The maximum atomic E-state index is 11.3. The molecule has 20 heavy (non-hydrogen) atoms. The van der Waals surface area contributed by atoms with Crippen LogP contribution in [-0.2, 0) is 0 Å². The third kappa shape index (κ3) is 3.14. The molecule has 0 aliphatic rings. The van der Waals surface area contributed by atoms with E-state index in [1.165, 1.54) is 4.90 Å². The van der Waals surface area contributed by atoms with Crippen molar-refractivity contribution in [3.05, 3.63) is 48.0 Å². The lowest BCUT2D eigenvalue weighted by molar-refractivity contribution is 0.0692. The Bertz CT molecular complexity index is 606. The van der Waals surface area contributed by atoms with E-state index in [0.29, 0.717) is 12.4 Å². The van der Waals surface area contributed by atoms with Gasteiger partial charge in [0.1, 0.15) is 11.3 Å². The average Bonchev–Trinajstić information content (AvgIpc) is 2.48. The van der Waals surface area contributed by atoms with E-state index in [4.69, 9.17) is 4.74 Å². The number of thioether (sulfide) groups is 1. The SMILES string of the molecule is CCOc1ccc(-c2ccc(SC)cc2)cc1C(=O)O. The third-order valence-electron chi connectivity index (χ3n) is 2.93. The summed E-state index contributed by atoms with van der Waals surface area (Å²) in [5.41, 5.74) is 2.06. The number of carbonyl (C=O) groups is 1. The first-order valence-electron chi connectivity index (χ1n) is 6.30. The van der Waals surface area contributed by atoms with Gasteiger partial charge in [0.2, 0.25) is 0 Å². The van der Waals surface area contributed by atoms with Gasteiger partial charge in [-0.2, -0.15) is 0 Å². The molecule has 0 aromatic heterocycles. The fourth-order valence-electron chi connectivity index (χ4n) is 1.94. The van der Waals surface area contributed by atoms with Gasteiger partial charge >= 0.3 is 5.97 Å². The van der Waals surface area contributed by atoms with Crippen LogP contribution in [0.1, 0.15) is 17.3 Å². The van der Waals surface area contributed by atoms with Crippen molar-refractivity contribution in [2.24, 2.45) is 0 Å². The number of ether oxygens (including phenoxy) is 1. The molecule has 2 aromatic rings. The van der Waals surface area contributed by atoms with E-state index in [9.17, 15) is 9.90 Å². The fraction of sp³-hybridized carbons (Fsp3) is 0.188. The summed E-state index contributed by atoms with van der Waals surface area (Å²) >= 11 is 1.68. The van der Waals surface area contributed by atoms with Crippen molar-refractivity contribution < 1.29 is 14.6 Å². The zero-order valence-corrected chi connectivity index (χ0v) is 12.2. The first kappa shape index (κ1) is 14.5. The zero-order valence-electron chi connectivity index (χ0n) is 11.4. The van der Waals surface area contributed by atoms with Gasteiger partial charge in [0, 0.05) is 4.90 Å². The van der Waals surface area contributed by atoms with E-state index in [2.05, 4.69) is 0 Å². The molecule has 0 fully saturated rings. The number of carboxylic acid groups (broad SMARTS) is 1. The molecule has 0 aliphatic heterocycles. The highest BCUT2D eigenvalue weighted by Crippen LogP contribution is 2.28. The number of hydrogen-bond acceptors (Lipinski definition) is 3. The lowest BCUT2D eigenvalue weighted by Crippen LogP contribution is -2.03. The second-order valence-corrected chi connectivity index (χ2v) is 5.06. The van der Waals surface area contributed by atoms with Crippen LogP contribution < -0.4 is 4.74 Å². The summed E-state index contributed by atoms with van der Waals surface area (Å²) < 4.78 is 5.34. The highest BCUT2D eigenvalue weighted by atomic mass is 32.2. The first-order chi connectivity index (χ1) is 9.65. The predicted molar refractivity (Wildman–Crippen MR) is 81.8 cm³/mol. The Morgan fingerprint density at radius 2 is 1.80 bits per heavy atom. The zero-order chi connectivity index (χ0) is 14.5. The van der Waals surface area contributed by atoms with Gasteiger partial charge in [0.05, 0.1) is 6.61 Å². The molecule has 0 bridgehead atoms. The van der Waals surface area contributed by atoms with Crippen LogP contribution in [0.5, 0.6) is 5.75 Å². The van der Waals surface area contributed by atoms with E-state index in [1.54, 1.807) is 23.9 Å². The smallest absolute Gasteiger partial charge is 0.339 e. The van der Waals surface area contributed by atoms with Gasteiger partial charge in [-0.15, -0.1) is 11.8 Å². The standard InChI is InChI=1S/C16H16O3S/c1-3-19-15-9-6-12(10-14(15)16(17)18)11-4-7-13(20-2)8-5-11/h4-10H,3H2,1-2H3,(H,17,18). The minimum Gasteiger partial charge on any atom is -0.493 e. The van der Waals surface area contributed by atoms with E-state index >= 15 is 0 Å². The molecule has 0 unspecified atom stereocenters. The molecule has 0 radical (unpaired) electrons. The van der Waals surface area contributed by atoms with Crippen LogP contribution in [0.2, 0.25) is 0 Å². The van der Waals surface area contributed by atoms with Crippen LogP contribution in [0, 0.1) is 0 Å². The lowest BCUT2D eigenvalue weighted by Gasteiger charge is -2.10. The van der Waals surface area contributed by atoms with Crippen LogP contribution >= 0.6 is 11.8 Å². The van der Waals surface area contributed by atoms with Crippen molar-refractivity contribution >= 4 is 17.7 Å². The van der Waals surface area contributed by atoms with E-state index < -0.39 is 5.97 Å². The maximum absolute atomic E-state index is 11.3. The maximum Gasteiger partial charge on any atom is 0.339 e. The van der Waals surface area contributed by atoms with Crippen molar-refractivity contribution in [2.45, 2.75) is 11.8 Å². The highest BCUT2D eigenvalue weighted by molar-refractivity contribution is 7.98. The Labute approximate surface area is 122 Å². The van der Waals surface area contributed by atoms with Crippen molar-refractivity contribution in [3.63, 3.8) is 0 Å². The van der Waals surface area contributed by atoms with Gasteiger partial charge in [-0.25, -0.2) is 4.79 Å². The molecule has 0 saturated carbocycles. The molecule has 0 saturated heterocycles. The van der Waals surface area contributed by atoms with Crippen LogP contribution in [0.15, 0.2) is 47.4 Å². The summed E-state index contributed by atoms with van der Waals surface area (Å²) in [6.07, 6.45) is 2.02. The normalized spacial score (nSPS) is 10.3. The number of carboxylic acids is 1. The Hall–Kier alpha value is -1.94. The topological polar surface area (TPSA) is 46.5 Å². The van der Waals surface area contributed by atoms with Crippen LogP contribution in [-0.4, -0.2) is 23.9 Å². The molecular formula is C16H16O3S. The molecule has 0 spiro atoms. The molecule has 4 heteroatoms. The van der Waals surface area contributed by atoms with Gasteiger partial charge in [0.25, 0.3) is 0 Å². The lowest BCUT2D eigenvalue weighted by atomic mass is 10.0. The Balaban J connectivity index is 2.41. The highest BCUT2D eigenvalue weighted by Gasteiger charge is 2.12. The Morgan fingerprint density at radius 3 is 2.35 bits per heavy atom. The van der Waals surface area contributed by atoms with Crippen molar-refractivity contribution in [1.82, 2.24) is 0 Å².